The van der Waals surface area contributed by atoms with Gasteiger partial charge < -0.3 is 9.47 Å². The van der Waals surface area contributed by atoms with Gasteiger partial charge in [-0.15, -0.1) is 0 Å². The third-order valence-corrected chi connectivity index (χ3v) is 2.81. The predicted octanol–water partition coefficient (Wildman–Crippen LogP) is 2.98. The molecule has 1 heterocycles. The van der Waals surface area contributed by atoms with Crippen molar-refractivity contribution in [3.8, 4) is 0 Å². The Balaban J connectivity index is 3.11. The predicted molar refractivity (Wildman–Crippen MR) is 85.6 cm³/mol. The minimum atomic E-state index is -1.03. The van der Waals surface area contributed by atoms with Gasteiger partial charge in [0.2, 0.25) is 0 Å². The molecule has 6 nitrogen and oxygen atoms in total. The molecule has 1 aliphatic heterocycles. The standard InChI is InChI=1S/C17H25NO5/c1-8-9-11-10-12(14(20)22-16(2,3)4)18(13(11)19)15(21)23-17(5,6)7/h8-9,12H,1,10H2,2-7H3/b11-9+/t12-/m0/s1. The fraction of sp³-hybridized carbons (Fsp3) is 0.588. The van der Waals surface area contributed by atoms with Crippen LogP contribution in [0.15, 0.2) is 24.3 Å². The van der Waals surface area contributed by atoms with Gasteiger partial charge in [-0.1, -0.05) is 18.7 Å². The van der Waals surface area contributed by atoms with E-state index >= 15 is 0 Å². The third kappa shape index (κ3) is 5.23. The van der Waals surface area contributed by atoms with Crippen LogP contribution in [-0.4, -0.2) is 40.1 Å². The average molecular weight is 323 g/mol. The van der Waals surface area contributed by atoms with E-state index in [1.807, 2.05) is 0 Å². The number of carbonyl (C=O) groups is 3. The van der Waals surface area contributed by atoms with Crippen LogP contribution in [0, 0.1) is 0 Å². The van der Waals surface area contributed by atoms with Gasteiger partial charge in [0, 0.05) is 12.0 Å². The minimum absolute atomic E-state index is 0.0824. The highest BCUT2D eigenvalue weighted by atomic mass is 16.6. The summed E-state index contributed by atoms with van der Waals surface area (Å²) in [5, 5.41) is 0. The molecule has 0 aromatic carbocycles. The SMILES string of the molecule is C=C/C=C1\C[C@@H](C(=O)OC(C)(C)C)N(C(=O)OC(C)(C)C)C1=O. The topological polar surface area (TPSA) is 72.9 Å². The second kappa shape index (κ2) is 6.56. The van der Waals surface area contributed by atoms with Gasteiger partial charge in [-0.2, -0.15) is 0 Å². The molecule has 128 valence electrons. The van der Waals surface area contributed by atoms with Gasteiger partial charge in [0.15, 0.2) is 0 Å². The number of hydrogen-bond acceptors (Lipinski definition) is 5. The van der Waals surface area contributed by atoms with E-state index in [1.165, 1.54) is 12.2 Å². The zero-order valence-electron chi connectivity index (χ0n) is 14.6. The highest BCUT2D eigenvalue weighted by molar-refractivity contribution is 6.09. The second-order valence-corrected chi connectivity index (χ2v) is 7.34. The number of allylic oxidation sites excluding steroid dienone is 2. The van der Waals surface area contributed by atoms with Crippen LogP contribution >= 0.6 is 0 Å². The van der Waals surface area contributed by atoms with E-state index in [9.17, 15) is 14.4 Å². The van der Waals surface area contributed by atoms with Crippen molar-refractivity contribution in [1.82, 2.24) is 4.90 Å². The highest BCUT2D eigenvalue weighted by Gasteiger charge is 2.46. The van der Waals surface area contributed by atoms with Crippen molar-refractivity contribution in [3.63, 3.8) is 0 Å². The van der Waals surface area contributed by atoms with Crippen molar-refractivity contribution in [3.05, 3.63) is 24.3 Å². The van der Waals surface area contributed by atoms with Gasteiger partial charge in [0.25, 0.3) is 5.91 Å². The van der Waals surface area contributed by atoms with Gasteiger partial charge in [0.1, 0.15) is 17.2 Å². The number of esters is 1. The maximum Gasteiger partial charge on any atom is 0.418 e. The van der Waals surface area contributed by atoms with Crippen LogP contribution in [0.4, 0.5) is 4.79 Å². The number of rotatable bonds is 2. The molecule has 2 amide bonds. The van der Waals surface area contributed by atoms with Crippen LogP contribution in [0.2, 0.25) is 0 Å². The minimum Gasteiger partial charge on any atom is -0.458 e. The number of hydrogen-bond donors (Lipinski definition) is 0. The molecule has 1 aliphatic rings. The molecule has 0 bridgehead atoms. The van der Waals surface area contributed by atoms with E-state index in [4.69, 9.17) is 9.47 Å². The molecule has 0 aromatic heterocycles. The molecule has 1 saturated heterocycles. The zero-order chi connectivity index (χ0) is 18.0. The van der Waals surface area contributed by atoms with Crippen LogP contribution in [0.3, 0.4) is 0 Å². The Labute approximate surface area is 137 Å². The van der Waals surface area contributed by atoms with Gasteiger partial charge in [-0.25, -0.2) is 14.5 Å². The summed E-state index contributed by atoms with van der Waals surface area (Å²) in [4.78, 5) is 37.9. The van der Waals surface area contributed by atoms with Crippen molar-refractivity contribution >= 4 is 18.0 Å². The molecule has 23 heavy (non-hydrogen) atoms. The summed E-state index contributed by atoms with van der Waals surface area (Å²) in [6.45, 7) is 13.8. The lowest BCUT2D eigenvalue weighted by Crippen LogP contribution is -2.47. The first kappa shape index (κ1) is 18.9. The number of amides is 2. The summed E-state index contributed by atoms with van der Waals surface area (Å²) in [5.41, 5.74) is -1.17. The number of imide groups is 1. The number of likely N-dealkylation sites (tertiary alicyclic amines) is 1. The summed E-state index contributed by atoms with van der Waals surface area (Å²) >= 11 is 0. The Morgan fingerprint density at radius 3 is 2.09 bits per heavy atom. The number of carbonyl (C=O) groups excluding carboxylic acids is 3. The van der Waals surface area contributed by atoms with E-state index in [-0.39, 0.29) is 6.42 Å². The first-order chi connectivity index (χ1) is 10.4. The normalized spacial score (nSPS) is 20.6. The highest BCUT2D eigenvalue weighted by Crippen LogP contribution is 2.28. The van der Waals surface area contributed by atoms with Gasteiger partial charge in [-0.3, -0.25) is 4.79 Å². The van der Waals surface area contributed by atoms with Crippen molar-refractivity contribution in [2.75, 3.05) is 0 Å². The zero-order valence-corrected chi connectivity index (χ0v) is 14.6. The van der Waals surface area contributed by atoms with E-state index in [2.05, 4.69) is 6.58 Å². The fourth-order valence-corrected chi connectivity index (χ4v) is 2.04. The molecule has 0 N–H and O–H groups in total. The third-order valence-electron chi connectivity index (χ3n) is 2.81. The maximum absolute atomic E-state index is 12.4. The van der Waals surface area contributed by atoms with Crippen LogP contribution in [0.1, 0.15) is 48.0 Å². The molecule has 1 rings (SSSR count). The Morgan fingerprint density at radius 2 is 1.65 bits per heavy atom. The average Bonchev–Trinajstić information content (AvgIpc) is 2.63. The molecule has 0 unspecified atom stereocenters. The molecule has 0 radical (unpaired) electrons. The molecule has 0 saturated carbocycles. The quantitative estimate of drug-likeness (QED) is 0.577. The lowest BCUT2D eigenvalue weighted by atomic mass is 10.1. The van der Waals surface area contributed by atoms with Gasteiger partial charge >= 0.3 is 12.1 Å². The Kier molecular flexibility index (Phi) is 5.40. The maximum atomic E-state index is 12.4. The van der Waals surface area contributed by atoms with E-state index in [0.29, 0.717) is 5.57 Å². The van der Waals surface area contributed by atoms with Crippen LogP contribution in [-0.2, 0) is 19.1 Å². The Hall–Kier alpha value is -2.11. The van der Waals surface area contributed by atoms with E-state index in [0.717, 1.165) is 4.90 Å². The van der Waals surface area contributed by atoms with Crippen LogP contribution in [0.25, 0.3) is 0 Å². The summed E-state index contributed by atoms with van der Waals surface area (Å²) < 4.78 is 10.5. The molecular weight excluding hydrogens is 298 g/mol. The first-order valence-corrected chi connectivity index (χ1v) is 7.47. The van der Waals surface area contributed by atoms with Gasteiger partial charge in [0.05, 0.1) is 0 Å². The molecule has 0 aromatic rings. The lowest BCUT2D eigenvalue weighted by molar-refractivity contribution is -0.161. The van der Waals surface area contributed by atoms with Crippen LogP contribution < -0.4 is 0 Å². The summed E-state index contributed by atoms with van der Waals surface area (Å²) in [7, 11) is 0. The molecule has 1 atom stereocenters. The summed E-state index contributed by atoms with van der Waals surface area (Å²) in [6, 6.07) is -1.03. The molecule has 0 aliphatic carbocycles. The Bertz CT molecular complexity index is 548. The van der Waals surface area contributed by atoms with Crippen LogP contribution in [0.5, 0.6) is 0 Å². The van der Waals surface area contributed by atoms with Crippen molar-refractivity contribution in [2.45, 2.75) is 65.2 Å². The van der Waals surface area contributed by atoms with Crippen molar-refractivity contribution in [1.29, 1.82) is 0 Å². The largest absolute Gasteiger partial charge is 0.458 e. The number of nitrogens with zero attached hydrogens (tertiary/aromatic N) is 1. The van der Waals surface area contributed by atoms with Crippen molar-refractivity contribution in [2.24, 2.45) is 0 Å². The molecule has 1 fully saturated rings. The van der Waals surface area contributed by atoms with E-state index < -0.39 is 35.2 Å². The summed E-state index contributed by atoms with van der Waals surface area (Å²) in [5.74, 6) is -1.20. The number of ether oxygens (including phenoxy) is 2. The van der Waals surface area contributed by atoms with Crippen molar-refractivity contribution < 1.29 is 23.9 Å². The molecule has 6 heteroatoms. The Morgan fingerprint density at radius 1 is 1.13 bits per heavy atom. The molecular formula is C17H25NO5. The molecule has 0 spiro atoms. The monoisotopic (exact) mass is 323 g/mol. The van der Waals surface area contributed by atoms with Gasteiger partial charge in [-0.05, 0) is 41.5 Å². The lowest BCUT2D eigenvalue weighted by Gasteiger charge is -2.28. The smallest absolute Gasteiger partial charge is 0.418 e. The first-order valence-electron chi connectivity index (χ1n) is 7.47. The second-order valence-electron chi connectivity index (χ2n) is 7.34. The fourth-order valence-electron chi connectivity index (χ4n) is 2.04. The van der Waals surface area contributed by atoms with E-state index in [1.54, 1.807) is 41.5 Å². The summed E-state index contributed by atoms with van der Waals surface area (Å²) in [6.07, 6.45) is 2.16.